The normalized spacial score (nSPS) is 12.2. The number of carbonyl (C=O) groups excluding carboxylic acids is 1. The van der Waals surface area contributed by atoms with Crippen molar-refractivity contribution in [3.05, 3.63) is 59.4 Å². The van der Waals surface area contributed by atoms with Gasteiger partial charge in [-0.05, 0) is 37.1 Å². The summed E-state index contributed by atoms with van der Waals surface area (Å²) in [7, 11) is 0. The number of nitrogens with zero attached hydrogens (tertiary/aromatic N) is 2. The highest BCUT2D eigenvalue weighted by atomic mass is 16.3. The van der Waals surface area contributed by atoms with E-state index in [9.17, 15) is 9.90 Å². The zero-order valence-corrected chi connectivity index (χ0v) is 14.4. The second kappa shape index (κ2) is 6.47. The number of pyridine rings is 1. The maximum absolute atomic E-state index is 11.3. The van der Waals surface area contributed by atoms with E-state index in [1.54, 1.807) is 32.3 Å². The Kier molecular flexibility index (Phi) is 4.33. The summed E-state index contributed by atoms with van der Waals surface area (Å²) in [5, 5.41) is 19.9. The second-order valence-electron chi connectivity index (χ2n) is 6.53. The van der Waals surface area contributed by atoms with Crippen LogP contribution in [0.25, 0.3) is 28.2 Å². The van der Waals surface area contributed by atoms with E-state index in [2.05, 4.69) is 9.97 Å². The Balaban J connectivity index is 2.06. The SMILES string of the molecule is CC(C)(O)c1ccc(-c2cnc3[nH]cc(/C=C(\C#N)C(N)=O)c3c2)cc1. The molecular weight excluding hydrogens is 328 g/mol. The number of rotatable bonds is 4. The molecule has 6 heteroatoms. The molecule has 0 radical (unpaired) electrons. The van der Waals surface area contributed by atoms with E-state index in [1.807, 2.05) is 30.3 Å². The number of aromatic nitrogens is 2. The molecule has 0 aliphatic heterocycles. The van der Waals surface area contributed by atoms with E-state index in [0.717, 1.165) is 22.1 Å². The predicted octanol–water partition coefficient (Wildman–Crippen LogP) is 2.85. The first-order chi connectivity index (χ1) is 12.3. The third kappa shape index (κ3) is 3.34. The van der Waals surface area contributed by atoms with Gasteiger partial charge in [-0.15, -0.1) is 0 Å². The molecule has 0 saturated heterocycles. The number of nitrogens with two attached hydrogens (primary N) is 1. The van der Waals surface area contributed by atoms with Crippen molar-refractivity contribution >= 4 is 23.0 Å². The van der Waals surface area contributed by atoms with Gasteiger partial charge in [-0.25, -0.2) is 4.98 Å². The van der Waals surface area contributed by atoms with Gasteiger partial charge in [-0.3, -0.25) is 4.79 Å². The molecular formula is C20H18N4O2. The summed E-state index contributed by atoms with van der Waals surface area (Å²) in [4.78, 5) is 18.7. The Hall–Kier alpha value is -3.43. The largest absolute Gasteiger partial charge is 0.386 e. The van der Waals surface area contributed by atoms with Gasteiger partial charge in [0.05, 0.1) is 5.60 Å². The number of nitrogens with one attached hydrogen (secondary N) is 1. The highest BCUT2D eigenvalue weighted by Crippen LogP contribution is 2.28. The number of H-pyrrole nitrogens is 1. The number of hydrogen-bond donors (Lipinski definition) is 3. The lowest BCUT2D eigenvalue weighted by Gasteiger charge is -2.17. The van der Waals surface area contributed by atoms with Crippen molar-refractivity contribution in [2.75, 3.05) is 0 Å². The molecule has 0 saturated carbocycles. The number of aromatic amines is 1. The quantitative estimate of drug-likeness (QED) is 0.497. The van der Waals surface area contributed by atoms with E-state index in [0.29, 0.717) is 11.2 Å². The first kappa shape index (κ1) is 17.4. The minimum Gasteiger partial charge on any atom is -0.386 e. The number of primary amides is 1. The van der Waals surface area contributed by atoms with Crippen molar-refractivity contribution in [3.8, 4) is 17.2 Å². The molecule has 0 spiro atoms. The Labute approximate surface area is 150 Å². The molecule has 0 fully saturated rings. The third-order valence-corrected chi connectivity index (χ3v) is 4.17. The summed E-state index contributed by atoms with van der Waals surface area (Å²) in [6, 6.07) is 11.3. The van der Waals surface area contributed by atoms with Crippen molar-refractivity contribution in [1.29, 1.82) is 5.26 Å². The fraction of sp³-hybridized carbons (Fsp3) is 0.150. The van der Waals surface area contributed by atoms with Gasteiger partial charge in [0.1, 0.15) is 17.3 Å². The number of amides is 1. The molecule has 3 aromatic rings. The number of fused-ring (bicyclic) bond motifs is 1. The molecule has 2 heterocycles. The highest BCUT2D eigenvalue weighted by molar-refractivity contribution is 6.03. The molecule has 6 nitrogen and oxygen atoms in total. The Morgan fingerprint density at radius 1 is 1.31 bits per heavy atom. The summed E-state index contributed by atoms with van der Waals surface area (Å²) in [6.07, 6.45) is 4.87. The molecule has 3 rings (SSSR count). The number of aliphatic hydroxyl groups is 1. The van der Waals surface area contributed by atoms with Crippen LogP contribution in [-0.4, -0.2) is 21.0 Å². The van der Waals surface area contributed by atoms with Crippen LogP contribution < -0.4 is 5.73 Å². The van der Waals surface area contributed by atoms with Crippen molar-refractivity contribution in [1.82, 2.24) is 9.97 Å². The Bertz CT molecular complexity index is 1050. The minimum absolute atomic E-state index is 0.120. The van der Waals surface area contributed by atoms with Crippen LogP contribution in [0.4, 0.5) is 0 Å². The van der Waals surface area contributed by atoms with E-state index in [-0.39, 0.29) is 5.57 Å². The van der Waals surface area contributed by atoms with Crippen LogP contribution in [0.5, 0.6) is 0 Å². The standard InChI is InChI=1S/C20H18N4O2/c1-20(2,26)16-5-3-12(4-6-16)14-8-17-15(7-13(9-21)18(22)25)11-24-19(17)23-10-14/h3-8,10-11,26H,1-2H3,(H2,22,25)(H,23,24)/b13-7+. The smallest absolute Gasteiger partial charge is 0.259 e. The van der Waals surface area contributed by atoms with E-state index >= 15 is 0 Å². The monoisotopic (exact) mass is 346 g/mol. The van der Waals surface area contributed by atoms with Crippen molar-refractivity contribution < 1.29 is 9.90 Å². The van der Waals surface area contributed by atoms with Crippen LogP contribution in [0.15, 0.2) is 48.3 Å². The maximum Gasteiger partial charge on any atom is 0.259 e. The van der Waals surface area contributed by atoms with Gasteiger partial charge >= 0.3 is 0 Å². The lowest BCUT2D eigenvalue weighted by molar-refractivity contribution is -0.114. The fourth-order valence-electron chi connectivity index (χ4n) is 2.69. The van der Waals surface area contributed by atoms with Crippen LogP contribution in [0, 0.1) is 11.3 Å². The van der Waals surface area contributed by atoms with Gasteiger partial charge in [0, 0.05) is 28.9 Å². The zero-order valence-electron chi connectivity index (χ0n) is 14.4. The maximum atomic E-state index is 11.3. The first-order valence-electron chi connectivity index (χ1n) is 8.01. The van der Waals surface area contributed by atoms with Crippen LogP contribution >= 0.6 is 0 Å². The lowest BCUT2D eigenvalue weighted by atomic mass is 9.95. The molecule has 0 unspecified atom stereocenters. The molecule has 130 valence electrons. The second-order valence-corrected chi connectivity index (χ2v) is 6.53. The summed E-state index contributed by atoms with van der Waals surface area (Å²) in [5.74, 6) is -0.770. The van der Waals surface area contributed by atoms with Gasteiger partial charge in [-0.1, -0.05) is 24.3 Å². The van der Waals surface area contributed by atoms with Gasteiger partial charge in [0.2, 0.25) is 0 Å². The molecule has 0 aliphatic carbocycles. The van der Waals surface area contributed by atoms with Crippen molar-refractivity contribution in [2.45, 2.75) is 19.4 Å². The molecule has 26 heavy (non-hydrogen) atoms. The highest BCUT2D eigenvalue weighted by Gasteiger charge is 2.15. The first-order valence-corrected chi connectivity index (χ1v) is 8.01. The predicted molar refractivity (Wildman–Crippen MR) is 99.6 cm³/mol. The summed E-state index contributed by atoms with van der Waals surface area (Å²) in [6.45, 7) is 3.47. The molecule has 1 aromatic carbocycles. The average molecular weight is 346 g/mol. The van der Waals surface area contributed by atoms with Gasteiger partial charge in [0.15, 0.2) is 0 Å². The molecule has 0 atom stereocenters. The minimum atomic E-state index is -0.901. The third-order valence-electron chi connectivity index (χ3n) is 4.17. The van der Waals surface area contributed by atoms with Crippen LogP contribution in [0.3, 0.4) is 0 Å². The van der Waals surface area contributed by atoms with Crippen molar-refractivity contribution in [2.24, 2.45) is 5.73 Å². The Morgan fingerprint density at radius 2 is 2.00 bits per heavy atom. The molecule has 0 bridgehead atoms. The van der Waals surface area contributed by atoms with E-state index in [1.165, 1.54) is 6.08 Å². The summed E-state index contributed by atoms with van der Waals surface area (Å²) in [5.41, 5.74) is 8.14. The molecule has 4 N–H and O–H groups in total. The number of hydrogen-bond acceptors (Lipinski definition) is 4. The average Bonchev–Trinajstić information content (AvgIpc) is 3.00. The number of benzene rings is 1. The zero-order chi connectivity index (χ0) is 18.9. The van der Waals surface area contributed by atoms with Gasteiger partial charge in [0.25, 0.3) is 5.91 Å². The van der Waals surface area contributed by atoms with Crippen LogP contribution in [-0.2, 0) is 10.4 Å². The topological polar surface area (TPSA) is 116 Å². The van der Waals surface area contributed by atoms with Crippen LogP contribution in [0.1, 0.15) is 25.0 Å². The fourth-order valence-corrected chi connectivity index (χ4v) is 2.69. The number of nitriles is 1. The number of carbonyl (C=O) groups is 1. The summed E-state index contributed by atoms with van der Waals surface area (Å²) >= 11 is 0. The van der Waals surface area contributed by atoms with Gasteiger partial charge in [-0.2, -0.15) is 5.26 Å². The Morgan fingerprint density at radius 3 is 2.58 bits per heavy atom. The summed E-state index contributed by atoms with van der Waals surface area (Å²) < 4.78 is 0. The lowest BCUT2D eigenvalue weighted by Crippen LogP contribution is -2.14. The van der Waals surface area contributed by atoms with E-state index < -0.39 is 11.5 Å². The van der Waals surface area contributed by atoms with E-state index in [4.69, 9.17) is 11.0 Å². The van der Waals surface area contributed by atoms with Gasteiger partial charge < -0.3 is 15.8 Å². The van der Waals surface area contributed by atoms with Crippen LogP contribution in [0.2, 0.25) is 0 Å². The molecule has 2 aromatic heterocycles. The molecule has 1 amide bonds. The van der Waals surface area contributed by atoms with Crippen molar-refractivity contribution in [3.63, 3.8) is 0 Å². The molecule has 0 aliphatic rings.